The van der Waals surface area contributed by atoms with E-state index in [0.29, 0.717) is 31.7 Å². The fourth-order valence-electron chi connectivity index (χ4n) is 4.67. The van der Waals surface area contributed by atoms with Crippen molar-refractivity contribution in [1.82, 2.24) is 15.2 Å². The third-order valence-corrected chi connectivity index (χ3v) is 6.51. The molecule has 1 N–H and O–H groups in total. The molecule has 2 fully saturated rings. The number of aromatic nitrogens is 1. The van der Waals surface area contributed by atoms with Crippen molar-refractivity contribution in [3.8, 4) is 6.07 Å². The summed E-state index contributed by atoms with van der Waals surface area (Å²) in [6, 6.07) is 2.42. The number of fused-ring (bicyclic) bond motifs is 1. The molecule has 8 nitrogen and oxygen atoms in total. The Balaban J connectivity index is 1.38. The maximum atomic E-state index is 12.3. The van der Waals surface area contributed by atoms with E-state index in [1.54, 1.807) is 0 Å². The van der Waals surface area contributed by atoms with Crippen LogP contribution in [-0.4, -0.2) is 73.4 Å². The van der Waals surface area contributed by atoms with Crippen LogP contribution in [0.2, 0.25) is 0 Å². The number of carbonyl (C=O) groups is 1. The molecular formula is C23H33N5O3. The molecule has 1 atom stereocenters. The molecule has 0 saturated carbocycles. The number of nitrogens with zero attached hydrogens (tertiary/aromatic N) is 4. The first-order valence-corrected chi connectivity index (χ1v) is 11.3. The molecule has 3 aliphatic heterocycles. The van der Waals surface area contributed by atoms with Gasteiger partial charge in [0.25, 0.3) is 0 Å². The summed E-state index contributed by atoms with van der Waals surface area (Å²) in [4.78, 5) is 21.4. The molecule has 1 aromatic rings. The second-order valence-electron chi connectivity index (χ2n) is 9.39. The number of anilines is 1. The Kier molecular flexibility index (Phi) is 6.47. The summed E-state index contributed by atoms with van der Waals surface area (Å²) >= 11 is 0. The van der Waals surface area contributed by atoms with E-state index in [4.69, 9.17) is 14.5 Å². The van der Waals surface area contributed by atoms with Crippen LogP contribution in [0.1, 0.15) is 49.1 Å². The molecule has 168 valence electrons. The number of carbonyl (C=O) groups excluding carboxylic acids is 1. The van der Waals surface area contributed by atoms with Gasteiger partial charge in [0, 0.05) is 57.0 Å². The van der Waals surface area contributed by atoms with Crippen LogP contribution < -0.4 is 10.2 Å². The topological polar surface area (TPSA) is 90.7 Å². The van der Waals surface area contributed by atoms with Crippen LogP contribution in [-0.2, 0) is 27.3 Å². The number of hydrogen-bond donors (Lipinski definition) is 1. The minimum absolute atomic E-state index is 0.0478. The zero-order valence-electron chi connectivity index (χ0n) is 18.9. The minimum Gasteiger partial charge on any atom is -0.376 e. The van der Waals surface area contributed by atoms with Crippen molar-refractivity contribution in [2.24, 2.45) is 0 Å². The molecule has 0 aromatic carbocycles. The van der Waals surface area contributed by atoms with E-state index in [1.165, 1.54) is 0 Å². The van der Waals surface area contributed by atoms with E-state index in [2.05, 4.69) is 35.0 Å². The standard InChI is InChI=1S/C23H33N5O3/c1-16-20-15-31-23(2,3)11-18(20)19(12-24)22(26-16)28-8-6-27(7-9-28)14-21(29)25-13-17-5-4-10-30-17/h17H,4-11,13-15H2,1-3H3,(H,25,29). The third kappa shape index (κ3) is 5.00. The summed E-state index contributed by atoms with van der Waals surface area (Å²) in [6.45, 7) is 11.5. The van der Waals surface area contributed by atoms with E-state index < -0.39 is 0 Å². The van der Waals surface area contributed by atoms with Crippen LogP contribution in [0.5, 0.6) is 0 Å². The van der Waals surface area contributed by atoms with E-state index in [1.807, 2.05) is 6.92 Å². The molecule has 1 unspecified atom stereocenters. The molecule has 1 aromatic heterocycles. The number of nitriles is 1. The first-order chi connectivity index (χ1) is 14.9. The Morgan fingerprint density at radius 1 is 1.29 bits per heavy atom. The molecule has 0 radical (unpaired) electrons. The number of piperazine rings is 1. The summed E-state index contributed by atoms with van der Waals surface area (Å²) < 4.78 is 11.5. The highest BCUT2D eigenvalue weighted by molar-refractivity contribution is 5.78. The summed E-state index contributed by atoms with van der Waals surface area (Å²) in [7, 11) is 0. The van der Waals surface area contributed by atoms with E-state index >= 15 is 0 Å². The smallest absolute Gasteiger partial charge is 0.234 e. The van der Waals surface area contributed by atoms with Crippen molar-refractivity contribution in [3.63, 3.8) is 0 Å². The zero-order chi connectivity index (χ0) is 22.0. The number of aryl methyl sites for hydroxylation is 1. The number of ether oxygens (including phenoxy) is 2. The lowest BCUT2D eigenvalue weighted by Crippen LogP contribution is -2.50. The molecule has 4 rings (SSSR count). The van der Waals surface area contributed by atoms with Gasteiger partial charge in [-0.05, 0) is 39.2 Å². The zero-order valence-corrected chi connectivity index (χ0v) is 18.9. The number of amides is 1. The van der Waals surface area contributed by atoms with E-state index in [-0.39, 0.29) is 17.6 Å². The molecule has 3 aliphatic rings. The maximum Gasteiger partial charge on any atom is 0.234 e. The second kappa shape index (κ2) is 9.11. The van der Waals surface area contributed by atoms with Crippen LogP contribution in [0, 0.1) is 18.3 Å². The molecule has 31 heavy (non-hydrogen) atoms. The van der Waals surface area contributed by atoms with E-state index in [9.17, 15) is 10.1 Å². The van der Waals surface area contributed by atoms with Gasteiger partial charge in [-0.3, -0.25) is 9.69 Å². The van der Waals surface area contributed by atoms with Gasteiger partial charge in [-0.15, -0.1) is 0 Å². The quantitative estimate of drug-likeness (QED) is 0.762. The van der Waals surface area contributed by atoms with Crippen molar-refractivity contribution in [2.75, 3.05) is 50.8 Å². The highest BCUT2D eigenvalue weighted by atomic mass is 16.5. The number of hydrogen-bond acceptors (Lipinski definition) is 7. The fourth-order valence-corrected chi connectivity index (χ4v) is 4.67. The monoisotopic (exact) mass is 427 g/mol. The van der Waals surface area contributed by atoms with Crippen LogP contribution in [0.3, 0.4) is 0 Å². The fraction of sp³-hybridized carbons (Fsp3) is 0.696. The van der Waals surface area contributed by atoms with Crippen LogP contribution in [0.4, 0.5) is 5.82 Å². The molecule has 0 spiro atoms. The Labute approximate surface area is 184 Å². The third-order valence-electron chi connectivity index (χ3n) is 6.51. The Morgan fingerprint density at radius 3 is 2.74 bits per heavy atom. The molecular weight excluding hydrogens is 394 g/mol. The molecule has 2 saturated heterocycles. The molecule has 8 heteroatoms. The van der Waals surface area contributed by atoms with Crippen molar-refractivity contribution in [3.05, 3.63) is 22.4 Å². The summed E-state index contributed by atoms with van der Waals surface area (Å²) in [5.74, 6) is 0.825. The van der Waals surface area contributed by atoms with Gasteiger partial charge in [-0.2, -0.15) is 5.26 Å². The lowest BCUT2D eigenvalue weighted by Gasteiger charge is -2.38. The first-order valence-electron chi connectivity index (χ1n) is 11.3. The van der Waals surface area contributed by atoms with Gasteiger partial charge in [0.15, 0.2) is 0 Å². The van der Waals surface area contributed by atoms with Gasteiger partial charge < -0.3 is 19.7 Å². The molecule has 0 aliphatic carbocycles. The van der Waals surface area contributed by atoms with Crippen LogP contribution in [0.15, 0.2) is 0 Å². The largest absolute Gasteiger partial charge is 0.376 e. The van der Waals surface area contributed by atoms with Crippen molar-refractivity contribution < 1.29 is 14.3 Å². The SMILES string of the molecule is Cc1nc(N2CCN(CC(=O)NCC3CCCO3)CC2)c(C#N)c2c1COC(C)(C)C2. The lowest BCUT2D eigenvalue weighted by molar-refractivity contribution is -0.122. The number of rotatable bonds is 5. The average Bonchev–Trinajstić information content (AvgIpc) is 3.25. The molecule has 4 heterocycles. The molecule has 0 bridgehead atoms. The normalized spacial score (nSPS) is 23.3. The Morgan fingerprint density at radius 2 is 2.06 bits per heavy atom. The van der Waals surface area contributed by atoms with Gasteiger partial charge in [-0.25, -0.2) is 4.98 Å². The van der Waals surface area contributed by atoms with Gasteiger partial charge in [0.05, 0.1) is 30.4 Å². The van der Waals surface area contributed by atoms with Crippen LogP contribution in [0.25, 0.3) is 0 Å². The Hall–Kier alpha value is -2.21. The van der Waals surface area contributed by atoms with Gasteiger partial charge in [-0.1, -0.05) is 0 Å². The lowest BCUT2D eigenvalue weighted by atomic mass is 9.88. The highest BCUT2D eigenvalue weighted by Gasteiger charge is 2.32. The van der Waals surface area contributed by atoms with Gasteiger partial charge in [0.2, 0.25) is 5.91 Å². The van der Waals surface area contributed by atoms with Crippen molar-refractivity contribution >= 4 is 11.7 Å². The predicted molar refractivity (Wildman–Crippen MR) is 117 cm³/mol. The van der Waals surface area contributed by atoms with Crippen molar-refractivity contribution in [2.45, 2.75) is 58.3 Å². The highest BCUT2D eigenvalue weighted by Crippen LogP contribution is 2.35. The predicted octanol–water partition coefficient (Wildman–Crippen LogP) is 1.53. The van der Waals surface area contributed by atoms with Gasteiger partial charge >= 0.3 is 0 Å². The second-order valence-corrected chi connectivity index (χ2v) is 9.39. The molecule has 1 amide bonds. The summed E-state index contributed by atoms with van der Waals surface area (Å²) in [5, 5.41) is 13.0. The van der Waals surface area contributed by atoms with Crippen molar-refractivity contribution in [1.29, 1.82) is 5.26 Å². The Bertz CT molecular complexity index is 865. The average molecular weight is 428 g/mol. The summed E-state index contributed by atoms with van der Waals surface area (Å²) in [5.41, 5.74) is 3.48. The number of pyridine rings is 1. The van der Waals surface area contributed by atoms with E-state index in [0.717, 1.165) is 68.3 Å². The van der Waals surface area contributed by atoms with Gasteiger partial charge in [0.1, 0.15) is 11.9 Å². The van der Waals surface area contributed by atoms with Crippen LogP contribution >= 0.6 is 0 Å². The maximum absolute atomic E-state index is 12.3. The summed E-state index contributed by atoms with van der Waals surface area (Å²) in [6.07, 6.45) is 2.98. The first kappa shape index (κ1) is 22.0. The minimum atomic E-state index is -0.279. The number of nitrogens with one attached hydrogen (secondary N) is 1.